The number of hydrogen-bond donors (Lipinski definition) is 2. The Kier molecular flexibility index (Phi) is 8.46. The Hall–Kier alpha value is -2.60. The van der Waals surface area contributed by atoms with Crippen LogP contribution in [0.5, 0.6) is 11.5 Å². The number of esters is 1. The van der Waals surface area contributed by atoms with E-state index >= 15 is 0 Å². The zero-order valence-electron chi connectivity index (χ0n) is 15.5. The van der Waals surface area contributed by atoms with Gasteiger partial charge in [-0.25, -0.2) is 4.79 Å². The van der Waals surface area contributed by atoms with Crippen LogP contribution < -0.4 is 14.8 Å². The van der Waals surface area contributed by atoms with Crippen LogP contribution in [0.4, 0.5) is 0 Å². The highest BCUT2D eigenvalue weighted by atomic mass is 79.9. The zero-order valence-corrected chi connectivity index (χ0v) is 17.9. The van der Waals surface area contributed by atoms with E-state index in [1.807, 2.05) is 0 Å². The third kappa shape index (κ3) is 6.75. The molecular formula is C17H18BrN3O7S. The predicted octanol–water partition coefficient (Wildman–Crippen LogP) is 1.80. The van der Waals surface area contributed by atoms with Crippen molar-refractivity contribution >= 4 is 56.9 Å². The Balaban J connectivity index is 2.08. The van der Waals surface area contributed by atoms with Crippen LogP contribution in [-0.4, -0.2) is 59.9 Å². The third-order valence-corrected chi connectivity index (χ3v) is 5.17. The molecule has 0 bridgehead atoms. The van der Waals surface area contributed by atoms with E-state index in [-0.39, 0.29) is 24.8 Å². The van der Waals surface area contributed by atoms with Crippen LogP contribution >= 0.6 is 27.7 Å². The average Bonchev–Trinajstić information content (AvgIpc) is 3.00. The van der Waals surface area contributed by atoms with Crippen LogP contribution in [0.1, 0.15) is 18.9 Å². The number of thioether (sulfide) groups is 1. The molecule has 0 aliphatic carbocycles. The molecule has 156 valence electrons. The van der Waals surface area contributed by atoms with Gasteiger partial charge in [0.1, 0.15) is 5.25 Å². The van der Waals surface area contributed by atoms with Crippen molar-refractivity contribution in [2.24, 2.45) is 10.2 Å². The van der Waals surface area contributed by atoms with Crippen LogP contribution in [0, 0.1) is 0 Å². The number of carbonyl (C=O) groups excluding carboxylic acids is 2. The summed E-state index contributed by atoms with van der Waals surface area (Å²) >= 11 is 4.38. The molecule has 1 aromatic rings. The fraction of sp³-hybridized carbons (Fsp3) is 0.353. The number of rotatable bonds is 9. The number of ether oxygens (including phenoxy) is 3. The monoisotopic (exact) mass is 487 g/mol. The minimum Gasteiger partial charge on any atom is -0.493 e. The van der Waals surface area contributed by atoms with E-state index in [9.17, 15) is 14.4 Å². The molecule has 1 atom stereocenters. The van der Waals surface area contributed by atoms with Gasteiger partial charge in [0.25, 0.3) is 0 Å². The average molecular weight is 488 g/mol. The maximum atomic E-state index is 11.7. The van der Waals surface area contributed by atoms with Gasteiger partial charge in [0, 0.05) is 10.0 Å². The van der Waals surface area contributed by atoms with Crippen LogP contribution in [0.3, 0.4) is 0 Å². The lowest BCUT2D eigenvalue weighted by atomic mass is 10.2. The number of hydrogen-bond acceptors (Lipinski definition) is 9. The number of halogens is 1. The Bertz CT molecular complexity index is 860. The summed E-state index contributed by atoms with van der Waals surface area (Å²) in [5, 5.41) is 18.6. The molecule has 0 spiro atoms. The molecular weight excluding hydrogens is 470 g/mol. The molecule has 1 aliphatic heterocycles. The van der Waals surface area contributed by atoms with Gasteiger partial charge in [-0.2, -0.15) is 5.10 Å². The quantitative estimate of drug-likeness (QED) is 0.305. The highest BCUT2D eigenvalue weighted by Gasteiger charge is 2.32. The van der Waals surface area contributed by atoms with Crippen molar-refractivity contribution in [3.05, 3.63) is 22.2 Å². The normalized spacial score (nSPS) is 17.4. The van der Waals surface area contributed by atoms with E-state index in [2.05, 4.69) is 31.4 Å². The maximum absolute atomic E-state index is 11.7. The first kappa shape index (κ1) is 22.7. The molecule has 1 aliphatic rings. The van der Waals surface area contributed by atoms with Crippen LogP contribution in [0.15, 0.2) is 26.8 Å². The summed E-state index contributed by atoms with van der Waals surface area (Å²) in [6, 6.07) is 3.24. The van der Waals surface area contributed by atoms with Crippen molar-refractivity contribution in [3.63, 3.8) is 0 Å². The molecule has 1 saturated heterocycles. The van der Waals surface area contributed by atoms with Gasteiger partial charge in [-0.1, -0.05) is 11.8 Å². The summed E-state index contributed by atoms with van der Waals surface area (Å²) in [6.07, 6.45) is 1.13. The van der Waals surface area contributed by atoms with Gasteiger partial charge in [-0.15, -0.1) is 5.10 Å². The third-order valence-electron chi connectivity index (χ3n) is 3.42. The van der Waals surface area contributed by atoms with Gasteiger partial charge in [0.05, 0.1) is 26.4 Å². The lowest BCUT2D eigenvalue weighted by molar-refractivity contribution is -0.145. The predicted molar refractivity (Wildman–Crippen MR) is 110 cm³/mol. The first-order valence-electron chi connectivity index (χ1n) is 8.30. The number of amidine groups is 1. The molecule has 12 heteroatoms. The lowest BCUT2D eigenvalue weighted by Gasteiger charge is -2.12. The first-order chi connectivity index (χ1) is 13.8. The fourth-order valence-corrected chi connectivity index (χ4v) is 3.49. The van der Waals surface area contributed by atoms with Crippen molar-refractivity contribution in [3.8, 4) is 11.5 Å². The SMILES string of the molecule is CCOC(=O)COc1cc(Br)c(C=NN=C2NC(=O)C(CC(=O)O)S2)cc1OC. The Morgan fingerprint density at radius 2 is 2.14 bits per heavy atom. The van der Waals surface area contributed by atoms with E-state index in [1.54, 1.807) is 19.1 Å². The Labute approximate surface area is 178 Å². The second-order valence-corrected chi connectivity index (χ2v) is 7.51. The largest absolute Gasteiger partial charge is 0.493 e. The van der Waals surface area contributed by atoms with Crippen molar-refractivity contribution < 1.29 is 33.7 Å². The van der Waals surface area contributed by atoms with E-state index in [4.69, 9.17) is 19.3 Å². The molecule has 0 aromatic heterocycles. The summed E-state index contributed by atoms with van der Waals surface area (Å²) in [4.78, 5) is 33.9. The molecule has 0 saturated carbocycles. The molecule has 1 aromatic carbocycles. The molecule has 1 amide bonds. The summed E-state index contributed by atoms with van der Waals surface area (Å²) in [7, 11) is 1.45. The number of amides is 1. The molecule has 1 heterocycles. The van der Waals surface area contributed by atoms with Gasteiger partial charge in [-0.3, -0.25) is 9.59 Å². The van der Waals surface area contributed by atoms with E-state index in [1.165, 1.54) is 13.3 Å². The number of benzene rings is 1. The van der Waals surface area contributed by atoms with Gasteiger partial charge in [0.2, 0.25) is 5.91 Å². The number of nitrogens with zero attached hydrogens (tertiary/aromatic N) is 2. The molecule has 0 radical (unpaired) electrons. The second kappa shape index (κ2) is 10.8. The summed E-state index contributed by atoms with van der Waals surface area (Å²) in [5.41, 5.74) is 0.603. The van der Waals surface area contributed by atoms with Gasteiger partial charge in [0.15, 0.2) is 23.3 Å². The number of aliphatic carboxylic acids is 1. The first-order valence-corrected chi connectivity index (χ1v) is 9.97. The van der Waals surface area contributed by atoms with Crippen molar-refractivity contribution in [2.75, 3.05) is 20.3 Å². The smallest absolute Gasteiger partial charge is 0.344 e. The fourth-order valence-electron chi connectivity index (χ4n) is 2.15. The van der Waals surface area contributed by atoms with Crippen LogP contribution in [-0.2, 0) is 19.1 Å². The standard InChI is InChI=1S/C17H18BrN3O7S/c1-3-27-15(24)8-28-12-5-10(18)9(4-11(12)26-2)7-19-21-17-20-16(25)13(29-17)6-14(22)23/h4-5,7,13H,3,6,8H2,1-2H3,(H,22,23)(H,20,21,25). The highest BCUT2D eigenvalue weighted by Crippen LogP contribution is 2.33. The van der Waals surface area contributed by atoms with Crippen molar-refractivity contribution in [1.82, 2.24) is 5.32 Å². The highest BCUT2D eigenvalue weighted by molar-refractivity contribution is 9.10. The minimum absolute atomic E-state index is 0.218. The van der Waals surface area contributed by atoms with E-state index in [0.717, 1.165) is 11.8 Å². The summed E-state index contributed by atoms with van der Waals surface area (Å²) < 4.78 is 16.1. The Morgan fingerprint density at radius 1 is 1.38 bits per heavy atom. The summed E-state index contributed by atoms with van der Waals surface area (Å²) in [5.74, 6) is -1.27. The second-order valence-electron chi connectivity index (χ2n) is 5.46. The topological polar surface area (TPSA) is 136 Å². The van der Waals surface area contributed by atoms with E-state index < -0.39 is 23.1 Å². The number of methoxy groups -OCH3 is 1. The number of carbonyl (C=O) groups is 3. The van der Waals surface area contributed by atoms with Gasteiger partial charge in [-0.05, 0) is 35.0 Å². The van der Waals surface area contributed by atoms with Gasteiger partial charge < -0.3 is 24.6 Å². The number of nitrogens with one attached hydrogen (secondary N) is 1. The van der Waals surface area contributed by atoms with Gasteiger partial charge >= 0.3 is 11.9 Å². The minimum atomic E-state index is -1.07. The zero-order chi connectivity index (χ0) is 21.4. The molecule has 10 nitrogen and oxygen atoms in total. The van der Waals surface area contributed by atoms with E-state index in [0.29, 0.717) is 21.5 Å². The molecule has 1 fully saturated rings. The number of carboxylic acids is 1. The molecule has 2 N–H and O–H groups in total. The van der Waals surface area contributed by atoms with Crippen molar-refractivity contribution in [2.45, 2.75) is 18.6 Å². The summed E-state index contributed by atoms with van der Waals surface area (Å²) in [6.45, 7) is 1.71. The lowest BCUT2D eigenvalue weighted by Crippen LogP contribution is -2.26. The molecule has 1 unspecified atom stereocenters. The van der Waals surface area contributed by atoms with Crippen LogP contribution in [0.2, 0.25) is 0 Å². The molecule has 2 rings (SSSR count). The van der Waals surface area contributed by atoms with Crippen LogP contribution in [0.25, 0.3) is 0 Å². The molecule has 29 heavy (non-hydrogen) atoms. The maximum Gasteiger partial charge on any atom is 0.344 e. The number of carboxylic acid groups (broad SMARTS) is 1. The Morgan fingerprint density at radius 3 is 2.79 bits per heavy atom. The van der Waals surface area contributed by atoms with Crippen molar-refractivity contribution in [1.29, 1.82) is 0 Å².